The quantitative estimate of drug-likeness (QED) is 0.862. The molecule has 1 aromatic carbocycles. The fourth-order valence-electron chi connectivity index (χ4n) is 2.76. The van der Waals surface area contributed by atoms with E-state index in [-0.39, 0.29) is 24.2 Å². The third kappa shape index (κ3) is 3.56. The highest BCUT2D eigenvalue weighted by molar-refractivity contribution is 7.14. The number of halogens is 1. The van der Waals surface area contributed by atoms with Crippen LogP contribution in [-0.2, 0) is 9.53 Å². The Kier molecular flexibility index (Phi) is 4.97. The minimum atomic E-state index is -0.296. The Balaban J connectivity index is 1.75. The Labute approximate surface area is 138 Å². The second kappa shape index (κ2) is 7.14. The van der Waals surface area contributed by atoms with Gasteiger partial charge in [0, 0.05) is 31.7 Å². The molecule has 0 bridgehead atoms. The maximum Gasteiger partial charge on any atom is 0.248 e. The van der Waals surface area contributed by atoms with Crippen molar-refractivity contribution in [3.8, 4) is 10.6 Å². The molecule has 1 aromatic heterocycles. The van der Waals surface area contributed by atoms with Crippen LogP contribution in [0.1, 0.15) is 23.8 Å². The van der Waals surface area contributed by atoms with Crippen molar-refractivity contribution in [1.29, 1.82) is 0 Å². The second-order valence-corrected chi connectivity index (χ2v) is 6.55. The average Bonchev–Trinajstić information content (AvgIpc) is 3.05. The van der Waals surface area contributed by atoms with Gasteiger partial charge in [0.25, 0.3) is 0 Å². The number of piperidine rings is 1. The zero-order valence-corrected chi connectivity index (χ0v) is 13.7. The highest BCUT2D eigenvalue weighted by atomic mass is 32.1. The van der Waals surface area contributed by atoms with Gasteiger partial charge in [0.15, 0.2) is 5.01 Å². The van der Waals surface area contributed by atoms with Gasteiger partial charge < -0.3 is 9.64 Å². The number of carbonyl (C=O) groups is 1. The zero-order valence-electron chi connectivity index (χ0n) is 12.9. The number of aromatic nitrogens is 2. The SMILES string of the molecule is COCC(=O)N1CCC[C@H](c2nnc(-c3ccccc3F)s2)C1. The standard InChI is InChI=1S/C16H18FN3O2S/c1-22-10-14(21)20-8-4-5-11(9-20)15-18-19-16(23-15)12-6-2-3-7-13(12)17/h2-3,6-7,11H,4-5,8-10H2,1H3/t11-/m0/s1. The first kappa shape index (κ1) is 16.0. The zero-order chi connectivity index (χ0) is 16.2. The molecule has 2 aromatic rings. The summed E-state index contributed by atoms with van der Waals surface area (Å²) in [7, 11) is 1.52. The van der Waals surface area contributed by atoms with Crippen LogP contribution in [0.4, 0.5) is 4.39 Å². The Hall–Kier alpha value is -1.86. The van der Waals surface area contributed by atoms with Crippen molar-refractivity contribution in [2.75, 3.05) is 26.8 Å². The summed E-state index contributed by atoms with van der Waals surface area (Å²) >= 11 is 1.40. The van der Waals surface area contributed by atoms with Crippen molar-refractivity contribution < 1.29 is 13.9 Å². The molecule has 0 saturated carbocycles. The molecule has 1 saturated heterocycles. The molecule has 1 atom stereocenters. The van der Waals surface area contributed by atoms with Crippen molar-refractivity contribution in [3.05, 3.63) is 35.1 Å². The minimum absolute atomic E-state index is 0.00366. The number of nitrogens with zero attached hydrogens (tertiary/aromatic N) is 3. The van der Waals surface area contributed by atoms with Crippen LogP contribution >= 0.6 is 11.3 Å². The van der Waals surface area contributed by atoms with Crippen molar-refractivity contribution in [3.63, 3.8) is 0 Å². The monoisotopic (exact) mass is 335 g/mol. The topological polar surface area (TPSA) is 55.3 Å². The Morgan fingerprint density at radius 2 is 2.26 bits per heavy atom. The number of carbonyl (C=O) groups excluding carboxylic acids is 1. The summed E-state index contributed by atoms with van der Waals surface area (Å²) in [5.41, 5.74) is 0.472. The van der Waals surface area contributed by atoms with E-state index in [1.165, 1.54) is 24.5 Å². The van der Waals surface area contributed by atoms with Gasteiger partial charge in [0.2, 0.25) is 5.91 Å². The molecule has 1 aliphatic heterocycles. The fraction of sp³-hybridized carbons (Fsp3) is 0.438. The molecule has 5 nitrogen and oxygen atoms in total. The number of amides is 1. The van der Waals surface area contributed by atoms with Crippen LogP contribution in [0.3, 0.4) is 0 Å². The average molecular weight is 335 g/mol. The van der Waals surface area contributed by atoms with Gasteiger partial charge in [-0.25, -0.2) is 4.39 Å². The minimum Gasteiger partial charge on any atom is -0.375 e. The Bertz CT molecular complexity index is 691. The predicted molar refractivity (Wildman–Crippen MR) is 85.7 cm³/mol. The van der Waals surface area contributed by atoms with E-state index in [2.05, 4.69) is 10.2 Å². The predicted octanol–water partition coefficient (Wildman–Crippen LogP) is 2.70. The Morgan fingerprint density at radius 3 is 3.04 bits per heavy atom. The van der Waals surface area contributed by atoms with Crippen molar-refractivity contribution >= 4 is 17.2 Å². The van der Waals surface area contributed by atoms with E-state index in [1.807, 2.05) is 4.90 Å². The first-order valence-electron chi connectivity index (χ1n) is 7.54. The second-order valence-electron chi connectivity index (χ2n) is 5.54. The summed E-state index contributed by atoms with van der Waals surface area (Å²) in [6, 6.07) is 6.56. The molecule has 0 radical (unpaired) electrons. The lowest BCUT2D eigenvalue weighted by molar-refractivity contribution is -0.136. The van der Waals surface area contributed by atoms with Gasteiger partial charge in [0.1, 0.15) is 17.4 Å². The van der Waals surface area contributed by atoms with Crippen LogP contribution in [0.15, 0.2) is 24.3 Å². The molecule has 1 fully saturated rings. The normalized spacial score (nSPS) is 18.2. The van der Waals surface area contributed by atoms with Crippen molar-refractivity contribution in [2.45, 2.75) is 18.8 Å². The lowest BCUT2D eigenvalue weighted by Crippen LogP contribution is -2.40. The van der Waals surface area contributed by atoms with Crippen LogP contribution in [0.25, 0.3) is 10.6 Å². The first-order valence-corrected chi connectivity index (χ1v) is 8.35. The summed E-state index contributed by atoms with van der Waals surface area (Å²) in [5, 5.41) is 9.80. The molecule has 0 aliphatic carbocycles. The largest absolute Gasteiger partial charge is 0.375 e. The molecule has 0 N–H and O–H groups in total. The van der Waals surface area contributed by atoms with Crippen LogP contribution < -0.4 is 0 Å². The first-order chi connectivity index (χ1) is 11.2. The molecule has 0 spiro atoms. The lowest BCUT2D eigenvalue weighted by Gasteiger charge is -2.31. The van der Waals surface area contributed by atoms with Gasteiger partial charge in [-0.05, 0) is 25.0 Å². The summed E-state index contributed by atoms with van der Waals surface area (Å²) in [6.07, 6.45) is 1.89. The molecule has 122 valence electrons. The molecular formula is C16H18FN3O2S. The third-order valence-electron chi connectivity index (χ3n) is 3.94. The van der Waals surface area contributed by atoms with E-state index < -0.39 is 0 Å². The van der Waals surface area contributed by atoms with Crippen molar-refractivity contribution in [1.82, 2.24) is 15.1 Å². The van der Waals surface area contributed by atoms with Crippen LogP contribution in [0.5, 0.6) is 0 Å². The highest BCUT2D eigenvalue weighted by Crippen LogP contribution is 2.33. The third-order valence-corrected chi connectivity index (χ3v) is 5.06. The van der Waals surface area contributed by atoms with E-state index >= 15 is 0 Å². The van der Waals surface area contributed by atoms with E-state index in [4.69, 9.17) is 4.74 Å². The fourth-order valence-corrected chi connectivity index (χ4v) is 3.76. The molecule has 0 unspecified atom stereocenters. The molecule has 1 aliphatic rings. The molecule has 1 amide bonds. The van der Waals surface area contributed by atoms with Gasteiger partial charge in [-0.3, -0.25) is 4.79 Å². The number of rotatable bonds is 4. The Morgan fingerprint density at radius 1 is 1.43 bits per heavy atom. The molecule has 7 heteroatoms. The maximum atomic E-state index is 13.9. The molecular weight excluding hydrogens is 317 g/mol. The van der Waals surface area contributed by atoms with Gasteiger partial charge in [-0.2, -0.15) is 0 Å². The van der Waals surface area contributed by atoms with Crippen LogP contribution in [0.2, 0.25) is 0 Å². The lowest BCUT2D eigenvalue weighted by atomic mass is 9.99. The van der Waals surface area contributed by atoms with Gasteiger partial charge in [-0.15, -0.1) is 10.2 Å². The van der Waals surface area contributed by atoms with Crippen LogP contribution in [-0.4, -0.2) is 47.8 Å². The summed E-state index contributed by atoms with van der Waals surface area (Å²) in [6.45, 7) is 1.47. The number of likely N-dealkylation sites (tertiary alicyclic amines) is 1. The number of benzene rings is 1. The van der Waals surface area contributed by atoms with Gasteiger partial charge in [-0.1, -0.05) is 23.5 Å². The number of ether oxygens (including phenoxy) is 1. The summed E-state index contributed by atoms with van der Waals surface area (Å²) in [5.74, 6) is -0.144. The van der Waals surface area contributed by atoms with E-state index in [0.717, 1.165) is 24.4 Å². The van der Waals surface area contributed by atoms with E-state index in [9.17, 15) is 9.18 Å². The summed E-state index contributed by atoms with van der Waals surface area (Å²) in [4.78, 5) is 13.8. The van der Waals surface area contributed by atoms with Gasteiger partial charge in [0.05, 0.1) is 0 Å². The molecule has 3 rings (SSSR count). The smallest absolute Gasteiger partial charge is 0.248 e. The summed E-state index contributed by atoms with van der Waals surface area (Å²) < 4.78 is 18.8. The highest BCUT2D eigenvalue weighted by Gasteiger charge is 2.27. The van der Waals surface area contributed by atoms with E-state index in [1.54, 1.807) is 18.2 Å². The van der Waals surface area contributed by atoms with Gasteiger partial charge >= 0.3 is 0 Å². The number of hydrogen-bond donors (Lipinski definition) is 0. The molecule has 2 heterocycles. The van der Waals surface area contributed by atoms with E-state index in [0.29, 0.717) is 17.1 Å². The van der Waals surface area contributed by atoms with Crippen molar-refractivity contribution in [2.24, 2.45) is 0 Å². The van der Waals surface area contributed by atoms with Crippen LogP contribution in [0, 0.1) is 5.82 Å². The molecule has 23 heavy (non-hydrogen) atoms. The number of hydrogen-bond acceptors (Lipinski definition) is 5. The maximum absolute atomic E-state index is 13.9. The number of methoxy groups -OCH3 is 1.